The molecule has 0 saturated carbocycles. The van der Waals surface area contributed by atoms with Crippen molar-refractivity contribution < 1.29 is 14.3 Å². The number of nitrogens with one attached hydrogen (secondary N) is 1. The molecule has 0 aliphatic carbocycles. The predicted molar refractivity (Wildman–Crippen MR) is 92.9 cm³/mol. The molecule has 24 heavy (non-hydrogen) atoms. The number of hydrogen-bond donors (Lipinski definition) is 1. The number of esters is 1. The number of halogens is 1. The lowest BCUT2D eigenvalue weighted by Gasteiger charge is -2.06. The van der Waals surface area contributed by atoms with Crippen molar-refractivity contribution in [2.45, 2.75) is 18.0 Å². The zero-order valence-electron chi connectivity index (χ0n) is 13.1. The lowest BCUT2D eigenvalue weighted by molar-refractivity contribution is -0.139. The van der Waals surface area contributed by atoms with E-state index in [0.717, 1.165) is 17.9 Å². The van der Waals surface area contributed by atoms with Gasteiger partial charge >= 0.3 is 5.97 Å². The van der Waals surface area contributed by atoms with Gasteiger partial charge in [0.15, 0.2) is 5.16 Å². The van der Waals surface area contributed by atoms with E-state index >= 15 is 0 Å². The maximum atomic E-state index is 11.6. The molecule has 8 heteroatoms. The van der Waals surface area contributed by atoms with Crippen LogP contribution >= 0.6 is 23.4 Å². The van der Waals surface area contributed by atoms with Crippen LogP contribution in [0.3, 0.4) is 0 Å². The van der Waals surface area contributed by atoms with Crippen molar-refractivity contribution in [3.05, 3.63) is 51.4 Å². The van der Waals surface area contributed by atoms with E-state index in [9.17, 15) is 9.59 Å². The number of carbonyl (C=O) groups is 1. The van der Waals surface area contributed by atoms with Gasteiger partial charge in [0.2, 0.25) is 0 Å². The number of methoxy groups -OCH3 is 1. The van der Waals surface area contributed by atoms with E-state index in [1.165, 1.54) is 24.9 Å². The van der Waals surface area contributed by atoms with E-state index in [4.69, 9.17) is 16.3 Å². The fourth-order valence-corrected chi connectivity index (χ4v) is 2.75. The highest BCUT2D eigenvalue weighted by Gasteiger charge is 2.07. The van der Waals surface area contributed by atoms with Crippen LogP contribution in [0, 0.1) is 0 Å². The van der Waals surface area contributed by atoms with Crippen molar-refractivity contribution in [3.8, 4) is 5.75 Å². The molecule has 0 saturated heterocycles. The average molecular weight is 369 g/mol. The third-order valence-corrected chi connectivity index (χ3v) is 4.15. The molecular weight excluding hydrogens is 352 g/mol. The summed E-state index contributed by atoms with van der Waals surface area (Å²) in [5.74, 6) is 1.05. The topological polar surface area (TPSA) is 81.3 Å². The van der Waals surface area contributed by atoms with Crippen LogP contribution in [0.4, 0.5) is 0 Å². The second-order valence-electron chi connectivity index (χ2n) is 4.80. The van der Waals surface area contributed by atoms with Crippen LogP contribution in [0.25, 0.3) is 0 Å². The minimum atomic E-state index is -0.430. The van der Waals surface area contributed by atoms with E-state index in [1.54, 1.807) is 12.1 Å². The number of rotatable bonds is 8. The molecule has 6 nitrogen and oxygen atoms in total. The molecule has 0 bridgehead atoms. The summed E-state index contributed by atoms with van der Waals surface area (Å²) in [6.07, 6.45) is 0.756. The number of thioether (sulfide) groups is 1. The molecule has 1 N–H and O–H groups in total. The van der Waals surface area contributed by atoms with Gasteiger partial charge in [-0.15, -0.1) is 0 Å². The minimum Gasteiger partial charge on any atom is -0.494 e. The summed E-state index contributed by atoms with van der Waals surface area (Å²) in [7, 11) is 1.30. The number of carbonyl (C=O) groups excluding carboxylic acids is 1. The molecule has 2 rings (SSSR count). The van der Waals surface area contributed by atoms with Crippen LogP contribution in [0.5, 0.6) is 5.75 Å². The molecule has 1 aromatic carbocycles. The van der Waals surface area contributed by atoms with Crippen molar-refractivity contribution >= 4 is 29.3 Å². The van der Waals surface area contributed by atoms with Gasteiger partial charge in [-0.2, -0.15) is 0 Å². The molecule has 0 radical (unpaired) electrons. The lowest BCUT2D eigenvalue weighted by Crippen LogP contribution is -2.14. The van der Waals surface area contributed by atoms with E-state index < -0.39 is 5.97 Å². The second kappa shape index (κ2) is 9.34. The Morgan fingerprint density at radius 2 is 2.08 bits per heavy atom. The standard InChI is InChI=1S/C16H17ClN2O4S/c1-22-15(21)10-12-9-14(20)19-16(18-12)24-8-2-7-23-13-5-3-11(17)4-6-13/h3-6,9H,2,7-8,10H2,1H3,(H,18,19,20). The minimum absolute atomic E-state index is 0.0202. The predicted octanol–water partition coefficient (Wildman–Crippen LogP) is 2.70. The van der Waals surface area contributed by atoms with Gasteiger partial charge in [0.25, 0.3) is 5.56 Å². The molecule has 1 heterocycles. The Hall–Kier alpha value is -1.99. The molecule has 1 aromatic heterocycles. The van der Waals surface area contributed by atoms with Gasteiger partial charge in [0.05, 0.1) is 25.8 Å². The highest BCUT2D eigenvalue weighted by atomic mass is 35.5. The summed E-state index contributed by atoms with van der Waals surface area (Å²) < 4.78 is 10.2. The van der Waals surface area contributed by atoms with Crippen LogP contribution in [-0.4, -0.2) is 35.4 Å². The van der Waals surface area contributed by atoms with Crippen molar-refractivity contribution in [2.75, 3.05) is 19.5 Å². The van der Waals surface area contributed by atoms with Gasteiger partial charge < -0.3 is 14.5 Å². The Morgan fingerprint density at radius 3 is 2.79 bits per heavy atom. The first-order valence-electron chi connectivity index (χ1n) is 7.25. The third-order valence-electron chi connectivity index (χ3n) is 2.94. The number of aromatic nitrogens is 2. The number of nitrogens with zero attached hydrogens (tertiary/aromatic N) is 1. The Morgan fingerprint density at radius 1 is 1.33 bits per heavy atom. The largest absolute Gasteiger partial charge is 0.494 e. The summed E-state index contributed by atoms with van der Waals surface area (Å²) in [6.45, 7) is 0.542. The average Bonchev–Trinajstić information content (AvgIpc) is 2.55. The Balaban J connectivity index is 1.78. The lowest BCUT2D eigenvalue weighted by atomic mass is 10.3. The smallest absolute Gasteiger partial charge is 0.311 e. The molecule has 128 valence electrons. The molecule has 0 unspecified atom stereocenters. The highest BCUT2D eigenvalue weighted by molar-refractivity contribution is 7.99. The highest BCUT2D eigenvalue weighted by Crippen LogP contribution is 2.17. The van der Waals surface area contributed by atoms with Crippen LogP contribution in [0.2, 0.25) is 5.02 Å². The zero-order valence-corrected chi connectivity index (χ0v) is 14.7. The molecule has 0 atom stereocenters. The van der Waals surface area contributed by atoms with Gasteiger partial charge in [-0.3, -0.25) is 9.59 Å². The van der Waals surface area contributed by atoms with E-state index in [0.29, 0.717) is 22.5 Å². The Labute approximate surface area is 148 Å². The summed E-state index contributed by atoms with van der Waals surface area (Å²) in [5, 5.41) is 1.15. The Kier molecular flexibility index (Phi) is 7.14. The SMILES string of the molecule is COC(=O)Cc1cc(=O)[nH]c(SCCCOc2ccc(Cl)cc2)n1. The number of H-pyrrole nitrogens is 1. The number of hydrogen-bond acceptors (Lipinski definition) is 6. The van der Waals surface area contributed by atoms with Gasteiger partial charge in [0, 0.05) is 16.8 Å². The molecule has 2 aromatic rings. The number of aromatic amines is 1. The quantitative estimate of drug-likeness (QED) is 0.334. The van der Waals surface area contributed by atoms with Crippen LogP contribution in [0.15, 0.2) is 40.3 Å². The summed E-state index contributed by atoms with van der Waals surface area (Å²) >= 11 is 7.21. The van der Waals surface area contributed by atoms with Crippen LogP contribution < -0.4 is 10.3 Å². The van der Waals surface area contributed by atoms with Gasteiger partial charge in [-0.25, -0.2) is 4.98 Å². The molecule has 0 aliphatic rings. The first-order valence-corrected chi connectivity index (χ1v) is 8.61. The number of benzene rings is 1. The van der Waals surface area contributed by atoms with E-state index in [-0.39, 0.29) is 12.0 Å². The van der Waals surface area contributed by atoms with Gasteiger partial charge in [0.1, 0.15) is 5.75 Å². The van der Waals surface area contributed by atoms with Crippen molar-refractivity contribution in [1.82, 2.24) is 9.97 Å². The zero-order chi connectivity index (χ0) is 17.4. The molecule has 0 amide bonds. The van der Waals surface area contributed by atoms with E-state index in [2.05, 4.69) is 14.7 Å². The summed E-state index contributed by atoms with van der Waals surface area (Å²) in [6, 6.07) is 8.46. The molecular formula is C16H17ClN2O4S. The van der Waals surface area contributed by atoms with Crippen molar-refractivity contribution in [1.29, 1.82) is 0 Å². The molecule has 0 fully saturated rings. The third kappa shape index (κ3) is 6.25. The molecule has 0 aliphatic heterocycles. The fraction of sp³-hybridized carbons (Fsp3) is 0.312. The number of ether oxygens (including phenoxy) is 2. The van der Waals surface area contributed by atoms with Crippen LogP contribution in [0.1, 0.15) is 12.1 Å². The summed E-state index contributed by atoms with van der Waals surface area (Å²) in [4.78, 5) is 29.7. The van der Waals surface area contributed by atoms with E-state index in [1.807, 2.05) is 12.1 Å². The van der Waals surface area contributed by atoms with Crippen molar-refractivity contribution in [3.63, 3.8) is 0 Å². The summed E-state index contributed by atoms with van der Waals surface area (Å²) in [5.41, 5.74) is 0.106. The normalized spacial score (nSPS) is 10.4. The van der Waals surface area contributed by atoms with Gasteiger partial charge in [-0.05, 0) is 30.7 Å². The van der Waals surface area contributed by atoms with Crippen LogP contribution in [-0.2, 0) is 16.0 Å². The monoisotopic (exact) mass is 368 g/mol. The first kappa shape index (κ1) is 18.4. The van der Waals surface area contributed by atoms with Gasteiger partial charge in [-0.1, -0.05) is 23.4 Å². The Bertz CT molecular complexity index is 734. The maximum absolute atomic E-state index is 11.6. The molecule has 0 spiro atoms. The first-order chi connectivity index (χ1) is 11.6. The second-order valence-corrected chi connectivity index (χ2v) is 6.32. The maximum Gasteiger partial charge on any atom is 0.311 e. The fourth-order valence-electron chi connectivity index (χ4n) is 1.81. The van der Waals surface area contributed by atoms with Crippen molar-refractivity contribution in [2.24, 2.45) is 0 Å².